The lowest BCUT2D eigenvalue weighted by atomic mass is 10.1. The molecule has 140 valence electrons. The summed E-state index contributed by atoms with van der Waals surface area (Å²) in [6.45, 7) is -0.421. The molecule has 1 aliphatic heterocycles. The number of benzene rings is 2. The van der Waals surface area contributed by atoms with Crippen LogP contribution in [0.1, 0.15) is 26.3 Å². The standard InChI is InChI=1S/C18H13F3N2O4/c19-18(20,21)27-12-7-5-11(6-8-12)9-22-15(24)10-23-16(25)13-3-1-2-4-14(13)17(23)26/h1-8H,9-10H2,(H,22,24). The van der Waals surface area contributed by atoms with E-state index in [-0.39, 0.29) is 23.4 Å². The Hall–Kier alpha value is -3.36. The highest BCUT2D eigenvalue weighted by molar-refractivity contribution is 6.22. The Morgan fingerprint density at radius 3 is 2.04 bits per heavy atom. The van der Waals surface area contributed by atoms with Crippen LogP contribution >= 0.6 is 0 Å². The highest BCUT2D eigenvalue weighted by Crippen LogP contribution is 2.23. The number of hydrogen-bond donors (Lipinski definition) is 1. The molecule has 2 aromatic rings. The molecular formula is C18H13F3N2O4. The highest BCUT2D eigenvalue weighted by atomic mass is 19.4. The van der Waals surface area contributed by atoms with Gasteiger partial charge in [-0.15, -0.1) is 13.2 Å². The number of amides is 3. The van der Waals surface area contributed by atoms with Crippen molar-refractivity contribution in [3.05, 3.63) is 65.2 Å². The van der Waals surface area contributed by atoms with Crippen LogP contribution < -0.4 is 10.1 Å². The zero-order chi connectivity index (χ0) is 19.6. The summed E-state index contributed by atoms with van der Waals surface area (Å²) in [6, 6.07) is 11.3. The van der Waals surface area contributed by atoms with Crippen molar-refractivity contribution in [3.63, 3.8) is 0 Å². The Morgan fingerprint density at radius 2 is 1.52 bits per heavy atom. The maximum atomic E-state index is 12.2. The van der Waals surface area contributed by atoms with E-state index in [0.29, 0.717) is 5.56 Å². The summed E-state index contributed by atoms with van der Waals surface area (Å²) in [5.74, 6) is -2.03. The van der Waals surface area contributed by atoms with Crippen molar-refractivity contribution in [2.24, 2.45) is 0 Å². The van der Waals surface area contributed by atoms with Gasteiger partial charge < -0.3 is 10.1 Å². The van der Waals surface area contributed by atoms with Crippen molar-refractivity contribution in [2.45, 2.75) is 12.9 Å². The van der Waals surface area contributed by atoms with Crippen LogP contribution in [0.25, 0.3) is 0 Å². The molecule has 0 unspecified atom stereocenters. The number of nitrogens with zero attached hydrogens (tertiary/aromatic N) is 1. The summed E-state index contributed by atoms with van der Waals surface area (Å²) in [5.41, 5.74) is 1.02. The van der Waals surface area contributed by atoms with E-state index in [9.17, 15) is 27.6 Å². The van der Waals surface area contributed by atoms with E-state index in [1.807, 2.05) is 0 Å². The van der Waals surface area contributed by atoms with Crippen molar-refractivity contribution in [1.29, 1.82) is 0 Å². The van der Waals surface area contributed by atoms with Gasteiger partial charge in [-0.2, -0.15) is 0 Å². The smallest absolute Gasteiger partial charge is 0.406 e. The average molecular weight is 378 g/mol. The van der Waals surface area contributed by atoms with E-state index in [0.717, 1.165) is 17.0 Å². The molecule has 2 aromatic carbocycles. The number of fused-ring (bicyclic) bond motifs is 1. The molecule has 1 N–H and O–H groups in total. The third-order valence-corrected chi connectivity index (χ3v) is 3.83. The second kappa shape index (κ2) is 7.10. The van der Waals surface area contributed by atoms with E-state index < -0.39 is 30.6 Å². The molecule has 0 radical (unpaired) electrons. The lowest BCUT2D eigenvalue weighted by molar-refractivity contribution is -0.274. The normalized spacial score (nSPS) is 13.5. The van der Waals surface area contributed by atoms with Crippen molar-refractivity contribution >= 4 is 17.7 Å². The molecule has 0 saturated heterocycles. The number of ether oxygens (including phenoxy) is 1. The van der Waals surface area contributed by atoms with Gasteiger partial charge in [0.25, 0.3) is 11.8 Å². The van der Waals surface area contributed by atoms with Crippen LogP contribution in [0.3, 0.4) is 0 Å². The van der Waals surface area contributed by atoms with Gasteiger partial charge in [0, 0.05) is 6.54 Å². The minimum absolute atomic E-state index is 0.0221. The van der Waals surface area contributed by atoms with Gasteiger partial charge in [-0.25, -0.2) is 0 Å². The molecule has 6 nitrogen and oxygen atoms in total. The van der Waals surface area contributed by atoms with E-state index in [1.165, 1.54) is 24.3 Å². The molecule has 0 fully saturated rings. The van der Waals surface area contributed by atoms with Gasteiger partial charge in [0.05, 0.1) is 11.1 Å². The molecular weight excluding hydrogens is 365 g/mol. The van der Waals surface area contributed by atoms with Crippen molar-refractivity contribution < 1.29 is 32.3 Å². The van der Waals surface area contributed by atoms with Crippen molar-refractivity contribution in [3.8, 4) is 5.75 Å². The molecule has 0 atom stereocenters. The van der Waals surface area contributed by atoms with Gasteiger partial charge in [0.1, 0.15) is 12.3 Å². The van der Waals surface area contributed by atoms with Crippen LogP contribution in [0.2, 0.25) is 0 Å². The third kappa shape index (κ3) is 4.25. The summed E-state index contributed by atoms with van der Waals surface area (Å²) < 4.78 is 40.1. The molecule has 3 rings (SSSR count). The van der Waals surface area contributed by atoms with Crippen molar-refractivity contribution in [2.75, 3.05) is 6.54 Å². The van der Waals surface area contributed by atoms with Crippen LogP contribution in [0.5, 0.6) is 5.75 Å². The van der Waals surface area contributed by atoms with Crippen LogP contribution in [0.4, 0.5) is 13.2 Å². The fourth-order valence-corrected chi connectivity index (χ4v) is 2.59. The number of nitrogens with one attached hydrogen (secondary N) is 1. The summed E-state index contributed by atoms with van der Waals surface area (Å²) in [4.78, 5) is 37.3. The van der Waals surface area contributed by atoms with Gasteiger partial charge >= 0.3 is 6.36 Å². The Morgan fingerprint density at radius 1 is 0.963 bits per heavy atom. The molecule has 0 aliphatic carbocycles. The molecule has 9 heteroatoms. The molecule has 27 heavy (non-hydrogen) atoms. The first-order valence-electron chi connectivity index (χ1n) is 7.81. The van der Waals surface area contributed by atoms with Crippen LogP contribution in [0.15, 0.2) is 48.5 Å². The Bertz CT molecular complexity index is 859. The monoisotopic (exact) mass is 378 g/mol. The molecule has 3 amide bonds. The van der Waals surface area contributed by atoms with E-state index in [4.69, 9.17) is 0 Å². The molecule has 0 spiro atoms. The zero-order valence-corrected chi connectivity index (χ0v) is 13.7. The number of hydrogen-bond acceptors (Lipinski definition) is 4. The summed E-state index contributed by atoms with van der Waals surface area (Å²) in [5, 5.41) is 2.51. The molecule has 0 bridgehead atoms. The topological polar surface area (TPSA) is 75.7 Å². The zero-order valence-electron chi connectivity index (χ0n) is 13.7. The van der Waals surface area contributed by atoms with E-state index in [1.54, 1.807) is 12.1 Å². The molecule has 1 heterocycles. The number of carbonyl (C=O) groups excluding carboxylic acids is 3. The first kappa shape index (κ1) is 18.4. The number of alkyl halides is 3. The second-order valence-electron chi connectivity index (χ2n) is 5.71. The van der Waals surface area contributed by atoms with Crippen LogP contribution in [0, 0.1) is 0 Å². The predicted octanol–water partition coefficient (Wildman–Crippen LogP) is 2.50. The summed E-state index contributed by atoms with van der Waals surface area (Å²) >= 11 is 0. The summed E-state index contributed by atoms with van der Waals surface area (Å²) in [6.07, 6.45) is -4.78. The number of imide groups is 1. The van der Waals surface area contributed by atoms with Crippen LogP contribution in [-0.2, 0) is 11.3 Å². The minimum atomic E-state index is -4.78. The third-order valence-electron chi connectivity index (χ3n) is 3.83. The lowest BCUT2D eigenvalue weighted by Gasteiger charge is -2.14. The Kier molecular flexibility index (Phi) is 4.85. The first-order chi connectivity index (χ1) is 12.7. The SMILES string of the molecule is O=C(CN1C(=O)c2ccccc2C1=O)NCc1ccc(OC(F)(F)F)cc1. The Balaban J connectivity index is 1.55. The number of carbonyl (C=O) groups is 3. The van der Waals surface area contributed by atoms with Crippen LogP contribution in [-0.4, -0.2) is 35.5 Å². The van der Waals surface area contributed by atoms with Gasteiger partial charge in [-0.05, 0) is 29.8 Å². The highest BCUT2D eigenvalue weighted by Gasteiger charge is 2.36. The van der Waals surface area contributed by atoms with E-state index >= 15 is 0 Å². The largest absolute Gasteiger partial charge is 0.573 e. The lowest BCUT2D eigenvalue weighted by Crippen LogP contribution is -2.40. The predicted molar refractivity (Wildman–Crippen MR) is 86.8 cm³/mol. The first-order valence-corrected chi connectivity index (χ1v) is 7.81. The molecule has 0 aromatic heterocycles. The maximum absolute atomic E-state index is 12.2. The van der Waals surface area contributed by atoms with E-state index in [2.05, 4.69) is 10.1 Å². The average Bonchev–Trinajstić information content (AvgIpc) is 2.85. The van der Waals surface area contributed by atoms with Gasteiger partial charge in [-0.1, -0.05) is 24.3 Å². The van der Waals surface area contributed by atoms with Gasteiger partial charge in [-0.3, -0.25) is 19.3 Å². The minimum Gasteiger partial charge on any atom is -0.406 e. The second-order valence-corrected chi connectivity index (χ2v) is 5.71. The van der Waals surface area contributed by atoms with Gasteiger partial charge in [0.2, 0.25) is 5.91 Å². The quantitative estimate of drug-likeness (QED) is 0.812. The fraction of sp³-hybridized carbons (Fsp3) is 0.167. The molecule has 0 saturated carbocycles. The fourth-order valence-electron chi connectivity index (χ4n) is 2.59. The number of halogens is 3. The molecule has 1 aliphatic rings. The van der Waals surface area contributed by atoms with Gasteiger partial charge in [0.15, 0.2) is 0 Å². The Labute approximate surface area is 151 Å². The van der Waals surface area contributed by atoms with Crippen molar-refractivity contribution in [1.82, 2.24) is 10.2 Å². The summed E-state index contributed by atoms with van der Waals surface area (Å²) in [7, 11) is 0. The maximum Gasteiger partial charge on any atom is 0.573 e. The number of rotatable bonds is 5.